The van der Waals surface area contributed by atoms with Gasteiger partial charge >= 0.3 is 18.1 Å². The smallest absolute Gasteiger partial charge is 0.504 e. The van der Waals surface area contributed by atoms with Crippen LogP contribution < -0.4 is 33.7 Å². The number of rotatable bonds is 6. The average molecular weight is 905 g/mol. The Morgan fingerprint density at radius 1 is 0.985 bits per heavy atom. The second kappa shape index (κ2) is 16.4. The van der Waals surface area contributed by atoms with E-state index < -0.39 is 53.1 Å². The van der Waals surface area contributed by atoms with Crippen molar-refractivity contribution in [1.82, 2.24) is 15.1 Å². The Bertz CT molecular complexity index is 2690. The predicted molar refractivity (Wildman–Crippen MR) is 234 cm³/mol. The molecule has 1 spiro atoms. The third-order valence-corrected chi connectivity index (χ3v) is 15.3. The van der Waals surface area contributed by atoms with Crippen LogP contribution in [-0.4, -0.2) is 98.1 Å². The molecule has 0 amide bonds. The molecule has 16 nitrogen and oxygen atoms in total. The van der Waals surface area contributed by atoms with E-state index in [1.807, 2.05) is 57.3 Å². The highest BCUT2D eigenvalue weighted by Crippen LogP contribution is 2.64. The van der Waals surface area contributed by atoms with Crippen molar-refractivity contribution >= 4 is 29.9 Å². The summed E-state index contributed by atoms with van der Waals surface area (Å²) in [7, 11) is 4.96. The van der Waals surface area contributed by atoms with Crippen LogP contribution in [0.15, 0.2) is 48.5 Å². The van der Waals surface area contributed by atoms with Gasteiger partial charge in [-0.3, -0.25) is 19.9 Å². The molecule has 2 fully saturated rings. The molecule has 338 valence electrons. The lowest BCUT2D eigenvalue weighted by Crippen LogP contribution is -2.69. The Morgan fingerprint density at radius 3 is 2.51 bits per heavy atom. The summed E-state index contributed by atoms with van der Waals surface area (Å²) in [5.41, 5.74) is 4.85. The molecule has 2 saturated heterocycles. The lowest BCUT2D eigenvalue weighted by molar-refractivity contribution is -0.157. The highest BCUT2D eigenvalue weighted by molar-refractivity contribution is 7.99. The number of phenolic OH excluding ortho intramolecular Hbond substituents is 1. The lowest BCUT2D eigenvalue weighted by Gasteiger charge is -2.62. The van der Waals surface area contributed by atoms with Crippen molar-refractivity contribution in [2.45, 2.75) is 81.2 Å². The normalized spacial score (nSPS) is 26.1. The third-order valence-electron chi connectivity index (χ3n) is 13.8. The summed E-state index contributed by atoms with van der Waals surface area (Å²) >= 11 is 1.45. The zero-order valence-electron chi connectivity index (χ0n) is 36.7. The average Bonchev–Trinajstić information content (AvgIpc) is 3.79. The monoisotopic (exact) mass is 904 g/mol. The van der Waals surface area contributed by atoms with E-state index in [-0.39, 0.29) is 49.0 Å². The van der Waals surface area contributed by atoms with Gasteiger partial charge in [0, 0.05) is 53.6 Å². The van der Waals surface area contributed by atoms with E-state index in [0.717, 1.165) is 22.3 Å². The number of aromatic hydroxyl groups is 1. The first-order valence-electron chi connectivity index (χ1n) is 21.5. The second-order valence-electron chi connectivity index (χ2n) is 17.2. The molecule has 0 radical (unpaired) electrons. The Labute approximate surface area is 379 Å². The van der Waals surface area contributed by atoms with Gasteiger partial charge in [0.15, 0.2) is 40.0 Å². The van der Waals surface area contributed by atoms with Crippen molar-refractivity contribution < 1.29 is 57.4 Å². The van der Waals surface area contributed by atoms with Crippen molar-refractivity contribution in [3.63, 3.8) is 0 Å². The zero-order valence-corrected chi connectivity index (χ0v) is 37.5. The summed E-state index contributed by atoms with van der Waals surface area (Å²) in [5, 5.41) is 26.3. The van der Waals surface area contributed by atoms with Crippen LogP contribution in [0.1, 0.15) is 74.3 Å². The fourth-order valence-electron chi connectivity index (χ4n) is 11.1. The summed E-state index contributed by atoms with van der Waals surface area (Å²) in [6, 6.07) is 14.4. The maximum Gasteiger partial charge on any atom is 0.514 e. The summed E-state index contributed by atoms with van der Waals surface area (Å²) < 4.78 is 47.8. The number of ether oxygens (including phenoxy) is 8. The molecule has 4 bridgehead atoms. The van der Waals surface area contributed by atoms with Gasteiger partial charge in [0.25, 0.3) is 0 Å². The molecule has 7 aliphatic heterocycles. The number of aryl methyl sites for hydroxylation is 1. The molecule has 11 rings (SSSR count). The van der Waals surface area contributed by atoms with Crippen molar-refractivity contribution in [3.8, 4) is 46.3 Å². The van der Waals surface area contributed by atoms with Gasteiger partial charge < -0.3 is 43.0 Å². The van der Waals surface area contributed by atoms with E-state index in [9.17, 15) is 20.0 Å². The van der Waals surface area contributed by atoms with Crippen LogP contribution in [0.25, 0.3) is 0 Å². The predicted octanol–water partition coefficient (Wildman–Crippen LogP) is 6.00. The number of thioether (sulfide) groups is 1. The molecule has 17 heteroatoms. The number of nitrogens with zero attached hydrogens (tertiary/aromatic N) is 3. The number of likely N-dealkylation sites (N-methyl/N-ethyl adjacent to an activating group) is 1. The van der Waals surface area contributed by atoms with Gasteiger partial charge in [-0.25, -0.2) is 9.59 Å². The second-order valence-corrected chi connectivity index (χ2v) is 18.3. The first-order chi connectivity index (χ1) is 31.4. The molecule has 7 atom stereocenters. The van der Waals surface area contributed by atoms with Crippen LogP contribution in [0.4, 0.5) is 4.79 Å². The fraction of sp³-hybridized carbons (Fsp3) is 0.417. The highest BCUT2D eigenvalue weighted by Gasteiger charge is 2.62. The van der Waals surface area contributed by atoms with E-state index in [4.69, 9.17) is 37.9 Å². The van der Waals surface area contributed by atoms with Crippen LogP contribution in [0.5, 0.6) is 40.2 Å². The summed E-state index contributed by atoms with van der Waals surface area (Å²) in [5.74, 6) is 0.862. The SMILES string of the molecule is COc1cc2c(cc1OC(=O)OCc1ccccc1)CCN[C@]21CS[C@@H]2c3c(OC(C)=O)c(C)c4c(c3[C@@H](COC1=O)N1C2[C@H]2c3c(cc(C)c(OC)c3O)C[C@@H]([C@@H]1C#N)N2C)OCO4. The molecule has 4 aromatic rings. The largest absolute Gasteiger partial charge is 0.514 e. The van der Waals surface area contributed by atoms with Gasteiger partial charge in [-0.05, 0) is 73.7 Å². The van der Waals surface area contributed by atoms with Crippen LogP contribution in [0.2, 0.25) is 0 Å². The van der Waals surface area contributed by atoms with Gasteiger partial charge in [-0.1, -0.05) is 36.4 Å². The highest BCUT2D eigenvalue weighted by atomic mass is 32.2. The molecule has 0 aromatic heterocycles. The van der Waals surface area contributed by atoms with Crippen molar-refractivity contribution in [2.24, 2.45) is 0 Å². The van der Waals surface area contributed by atoms with E-state index in [2.05, 4.69) is 21.2 Å². The molecule has 2 N–H and O–H groups in total. The van der Waals surface area contributed by atoms with E-state index in [0.29, 0.717) is 70.2 Å². The van der Waals surface area contributed by atoms with Crippen LogP contribution in [-0.2, 0) is 44.1 Å². The minimum atomic E-state index is -1.46. The maximum atomic E-state index is 15.1. The molecule has 0 aliphatic carbocycles. The van der Waals surface area contributed by atoms with Crippen molar-refractivity contribution in [1.29, 1.82) is 5.26 Å². The quantitative estimate of drug-likeness (QED) is 0.130. The number of hydrogen-bond acceptors (Lipinski definition) is 17. The Kier molecular flexibility index (Phi) is 10.8. The number of nitriles is 1. The van der Waals surface area contributed by atoms with E-state index in [1.165, 1.54) is 32.9 Å². The number of nitrogens with one attached hydrogen (secondary N) is 1. The van der Waals surface area contributed by atoms with Gasteiger partial charge in [-0.15, -0.1) is 11.8 Å². The number of esters is 2. The zero-order chi connectivity index (χ0) is 45.5. The van der Waals surface area contributed by atoms with Crippen LogP contribution in [0.3, 0.4) is 0 Å². The van der Waals surface area contributed by atoms with Gasteiger partial charge in [0.2, 0.25) is 6.79 Å². The number of benzene rings is 4. The minimum absolute atomic E-state index is 0.0121. The van der Waals surface area contributed by atoms with Gasteiger partial charge in [0.05, 0.1) is 37.6 Å². The van der Waals surface area contributed by atoms with Crippen molar-refractivity contribution in [2.75, 3.05) is 47.0 Å². The molecule has 1 unspecified atom stereocenters. The Hall–Kier alpha value is -6.19. The number of methoxy groups -OCH3 is 2. The first kappa shape index (κ1) is 42.7. The topological polar surface area (TPSA) is 188 Å². The minimum Gasteiger partial charge on any atom is -0.504 e. The van der Waals surface area contributed by atoms with Crippen molar-refractivity contribution in [3.05, 3.63) is 98.6 Å². The summed E-state index contributed by atoms with van der Waals surface area (Å²) in [4.78, 5) is 45.5. The number of phenols is 1. The van der Waals surface area contributed by atoms with Crippen LogP contribution in [0, 0.1) is 25.2 Å². The fourth-order valence-corrected chi connectivity index (χ4v) is 12.8. The van der Waals surface area contributed by atoms with Gasteiger partial charge in [-0.2, -0.15) is 5.26 Å². The lowest BCUT2D eigenvalue weighted by atomic mass is 9.71. The standard InChI is InChI=1S/C48H48N4O12S/c1-23-14-28-15-30-31(18-49)52-32-20-59-46(55)48(29-17-33(57-5)34(16-27(29)12-13-50-48)64-47(56)60-19-26-10-8-7-9-11-26)21-65-45(39(52)38(51(30)4)35(28)40(54)41(23)58-6)37-36(32)44-43(61-22-62-44)24(2)42(37)63-25(3)53/h7-11,14,16-17,30-32,38-39,45,50,54H,12-13,15,19-22H2,1-6H3/t30-,31-,32+,38+,39?,45+,48+/m0/s1. The summed E-state index contributed by atoms with van der Waals surface area (Å²) in [6.45, 7) is 5.13. The molecule has 7 aliphatic rings. The molecule has 0 saturated carbocycles. The first-order valence-corrected chi connectivity index (χ1v) is 22.5. The van der Waals surface area contributed by atoms with E-state index >= 15 is 4.79 Å². The third kappa shape index (κ3) is 6.63. The number of carbonyl (C=O) groups is 3. The molecular formula is C48H48N4O12S. The number of hydrogen-bond donors (Lipinski definition) is 2. The Balaban J connectivity index is 1.14. The van der Waals surface area contributed by atoms with E-state index in [1.54, 1.807) is 12.1 Å². The number of carbonyl (C=O) groups excluding carboxylic acids is 3. The molecular weight excluding hydrogens is 857 g/mol. The maximum absolute atomic E-state index is 15.1. The van der Waals surface area contributed by atoms with Gasteiger partial charge in [0.1, 0.15) is 25.0 Å². The molecule has 7 heterocycles. The summed E-state index contributed by atoms with van der Waals surface area (Å²) in [6.07, 6.45) is 0.0297. The molecule has 65 heavy (non-hydrogen) atoms. The number of fused-ring (bicyclic) bond motifs is 9. The Morgan fingerprint density at radius 2 is 1.77 bits per heavy atom. The molecule has 4 aromatic carbocycles. The van der Waals surface area contributed by atoms with Crippen LogP contribution >= 0.6 is 11.8 Å². The number of piperazine rings is 1.